The zero-order valence-electron chi connectivity index (χ0n) is 14.2. The zero-order chi connectivity index (χ0) is 17.0. The molecule has 1 N–H and O–H groups in total. The first-order chi connectivity index (χ1) is 10.9. The highest BCUT2D eigenvalue weighted by atomic mass is 16.2. The van der Waals surface area contributed by atoms with Crippen molar-refractivity contribution < 1.29 is 9.59 Å². The molecule has 6 heteroatoms. The Morgan fingerprint density at radius 1 is 1.57 bits per heavy atom. The van der Waals surface area contributed by atoms with E-state index in [9.17, 15) is 9.59 Å². The number of aromatic amines is 1. The van der Waals surface area contributed by atoms with Crippen LogP contribution in [0, 0.1) is 0 Å². The van der Waals surface area contributed by atoms with E-state index in [1.165, 1.54) is 11.0 Å². The van der Waals surface area contributed by atoms with Crippen LogP contribution in [0.5, 0.6) is 0 Å². The lowest BCUT2D eigenvalue weighted by Gasteiger charge is -2.33. The normalized spacial score (nSPS) is 18.1. The second kappa shape index (κ2) is 7.44. The summed E-state index contributed by atoms with van der Waals surface area (Å²) in [5, 5.41) is 7.47. The van der Waals surface area contributed by atoms with Gasteiger partial charge in [-0.05, 0) is 30.9 Å². The third-order valence-corrected chi connectivity index (χ3v) is 4.35. The van der Waals surface area contributed by atoms with Gasteiger partial charge < -0.3 is 9.80 Å². The maximum atomic E-state index is 12.4. The molecule has 1 saturated heterocycles. The number of hydrogen-bond acceptors (Lipinski definition) is 3. The van der Waals surface area contributed by atoms with Gasteiger partial charge >= 0.3 is 0 Å². The predicted molar refractivity (Wildman–Crippen MR) is 89.1 cm³/mol. The van der Waals surface area contributed by atoms with Gasteiger partial charge in [-0.3, -0.25) is 14.7 Å². The van der Waals surface area contributed by atoms with Gasteiger partial charge in [-0.2, -0.15) is 5.10 Å². The summed E-state index contributed by atoms with van der Waals surface area (Å²) in [6, 6.07) is 2.11. The van der Waals surface area contributed by atoms with Crippen LogP contribution in [0.4, 0.5) is 0 Å². The minimum Gasteiger partial charge on any atom is -0.340 e. The average molecular weight is 318 g/mol. The van der Waals surface area contributed by atoms with Crippen molar-refractivity contribution >= 4 is 11.8 Å². The van der Waals surface area contributed by atoms with Crippen LogP contribution in [0.1, 0.15) is 49.9 Å². The SMILES string of the molecule is C=CC(=O)N(C)CC(=O)N1CCCC(c2cc(C(C)C)n[nH]2)C1. The van der Waals surface area contributed by atoms with Gasteiger partial charge in [0.05, 0.1) is 12.2 Å². The van der Waals surface area contributed by atoms with Gasteiger partial charge in [-0.1, -0.05) is 20.4 Å². The molecular weight excluding hydrogens is 292 g/mol. The largest absolute Gasteiger partial charge is 0.340 e. The lowest BCUT2D eigenvalue weighted by atomic mass is 9.94. The van der Waals surface area contributed by atoms with E-state index < -0.39 is 0 Å². The van der Waals surface area contributed by atoms with E-state index >= 15 is 0 Å². The van der Waals surface area contributed by atoms with Crippen LogP contribution in [0.15, 0.2) is 18.7 Å². The number of amides is 2. The van der Waals surface area contributed by atoms with Crippen molar-refractivity contribution in [1.29, 1.82) is 0 Å². The van der Waals surface area contributed by atoms with Crippen molar-refractivity contribution in [2.24, 2.45) is 0 Å². The van der Waals surface area contributed by atoms with Crippen molar-refractivity contribution in [3.05, 3.63) is 30.1 Å². The number of piperidine rings is 1. The van der Waals surface area contributed by atoms with Gasteiger partial charge in [0.1, 0.15) is 0 Å². The fourth-order valence-electron chi connectivity index (χ4n) is 2.85. The van der Waals surface area contributed by atoms with Crippen molar-refractivity contribution in [3.63, 3.8) is 0 Å². The quantitative estimate of drug-likeness (QED) is 0.843. The molecule has 126 valence electrons. The number of likely N-dealkylation sites (N-methyl/N-ethyl adjacent to an activating group) is 1. The summed E-state index contributed by atoms with van der Waals surface area (Å²) in [4.78, 5) is 27.1. The third-order valence-electron chi connectivity index (χ3n) is 4.35. The first-order valence-corrected chi connectivity index (χ1v) is 8.12. The lowest BCUT2D eigenvalue weighted by Crippen LogP contribution is -2.44. The molecule has 1 aliphatic rings. The second-order valence-corrected chi connectivity index (χ2v) is 6.48. The molecule has 1 fully saturated rings. The number of rotatable bonds is 5. The molecule has 1 aromatic rings. The van der Waals surface area contributed by atoms with Crippen LogP contribution in [0.25, 0.3) is 0 Å². The highest BCUT2D eigenvalue weighted by Crippen LogP contribution is 2.27. The van der Waals surface area contributed by atoms with E-state index in [2.05, 4.69) is 36.7 Å². The number of H-pyrrole nitrogens is 1. The predicted octanol–water partition coefficient (Wildman–Crippen LogP) is 1.88. The Bertz CT molecular complexity index is 579. The number of aromatic nitrogens is 2. The number of hydrogen-bond donors (Lipinski definition) is 1. The van der Waals surface area contributed by atoms with Gasteiger partial charge in [0.25, 0.3) is 0 Å². The van der Waals surface area contributed by atoms with E-state index in [1.807, 2.05) is 4.90 Å². The van der Waals surface area contributed by atoms with Crippen LogP contribution in [0.3, 0.4) is 0 Å². The molecule has 0 spiro atoms. The Hall–Kier alpha value is -2.11. The Balaban J connectivity index is 1.98. The summed E-state index contributed by atoms with van der Waals surface area (Å²) < 4.78 is 0. The molecule has 1 atom stereocenters. The number of carbonyl (C=O) groups is 2. The Morgan fingerprint density at radius 3 is 2.91 bits per heavy atom. The second-order valence-electron chi connectivity index (χ2n) is 6.48. The number of carbonyl (C=O) groups excluding carboxylic acids is 2. The first-order valence-electron chi connectivity index (χ1n) is 8.12. The monoisotopic (exact) mass is 318 g/mol. The van der Waals surface area contributed by atoms with Crippen molar-refractivity contribution in [2.45, 2.75) is 38.5 Å². The summed E-state index contributed by atoms with van der Waals surface area (Å²) in [6.07, 6.45) is 3.24. The maximum Gasteiger partial charge on any atom is 0.246 e. The van der Waals surface area contributed by atoms with E-state index in [4.69, 9.17) is 0 Å². The zero-order valence-corrected chi connectivity index (χ0v) is 14.2. The molecule has 1 unspecified atom stereocenters. The molecular formula is C17H26N4O2. The smallest absolute Gasteiger partial charge is 0.246 e. The third kappa shape index (κ3) is 4.21. The highest BCUT2D eigenvalue weighted by Gasteiger charge is 2.27. The molecule has 23 heavy (non-hydrogen) atoms. The Kier molecular flexibility index (Phi) is 5.58. The molecule has 0 aromatic carbocycles. The van der Waals surface area contributed by atoms with E-state index in [-0.39, 0.29) is 24.3 Å². The van der Waals surface area contributed by atoms with Gasteiger partial charge in [0, 0.05) is 31.7 Å². The Labute approximate surface area is 137 Å². The van der Waals surface area contributed by atoms with Crippen molar-refractivity contribution in [2.75, 3.05) is 26.7 Å². The topological polar surface area (TPSA) is 69.3 Å². The standard InChI is InChI=1S/C17H26N4O2/c1-5-16(22)20(4)11-17(23)21-8-6-7-13(10-21)15-9-14(12(2)3)18-19-15/h5,9,12-13H,1,6-8,10-11H2,2-4H3,(H,18,19). The fourth-order valence-corrected chi connectivity index (χ4v) is 2.85. The molecule has 2 heterocycles. The summed E-state index contributed by atoms with van der Waals surface area (Å²) >= 11 is 0. The summed E-state index contributed by atoms with van der Waals surface area (Å²) in [7, 11) is 1.62. The average Bonchev–Trinajstić information content (AvgIpc) is 3.04. The van der Waals surface area contributed by atoms with Crippen LogP contribution in [0.2, 0.25) is 0 Å². The van der Waals surface area contributed by atoms with E-state index in [0.29, 0.717) is 12.5 Å². The molecule has 2 rings (SSSR count). The Morgan fingerprint density at radius 2 is 2.30 bits per heavy atom. The van der Waals surface area contributed by atoms with Gasteiger partial charge in [0.2, 0.25) is 11.8 Å². The van der Waals surface area contributed by atoms with Crippen molar-refractivity contribution in [3.8, 4) is 0 Å². The molecule has 6 nitrogen and oxygen atoms in total. The molecule has 0 bridgehead atoms. The molecule has 1 aromatic heterocycles. The van der Waals surface area contributed by atoms with Crippen molar-refractivity contribution in [1.82, 2.24) is 20.0 Å². The van der Waals surface area contributed by atoms with E-state index in [0.717, 1.165) is 30.8 Å². The summed E-state index contributed by atoms with van der Waals surface area (Å²) in [6.45, 7) is 9.19. The van der Waals surface area contributed by atoms with Gasteiger partial charge in [-0.15, -0.1) is 0 Å². The van der Waals surface area contributed by atoms with Crippen LogP contribution < -0.4 is 0 Å². The molecule has 0 radical (unpaired) electrons. The van der Waals surface area contributed by atoms with Crippen LogP contribution in [-0.4, -0.2) is 58.5 Å². The number of nitrogens with zero attached hydrogens (tertiary/aromatic N) is 3. The van der Waals surface area contributed by atoms with Gasteiger partial charge in [-0.25, -0.2) is 0 Å². The van der Waals surface area contributed by atoms with Crippen LogP contribution >= 0.6 is 0 Å². The molecule has 0 aliphatic carbocycles. The van der Waals surface area contributed by atoms with E-state index in [1.54, 1.807) is 7.05 Å². The van der Waals surface area contributed by atoms with Gasteiger partial charge in [0.15, 0.2) is 0 Å². The fraction of sp³-hybridized carbons (Fsp3) is 0.588. The molecule has 2 amide bonds. The summed E-state index contributed by atoms with van der Waals surface area (Å²) in [5.74, 6) is 0.422. The minimum absolute atomic E-state index is 0.0176. The molecule has 0 saturated carbocycles. The minimum atomic E-state index is -0.234. The molecule has 1 aliphatic heterocycles. The highest BCUT2D eigenvalue weighted by molar-refractivity contribution is 5.90. The maximum absolute atomic E-state index is 12.4. The number of likely N-dealkylation sites (tertiary alicyclic amines) is 1. The first kappa shape index (κ1) is 17.2. The number of nitrogens with one attached hydrogen (secondary N) is 1. The lowest BCUT2D eigenvalue weighted by molar-refractivity contribution is -0.138. The van der Waals surface area contributed by atoms with Crippen LogP contribution in [-0.2, 0) is 9.59 Å². The summed E-state index contributed by atoms with van der Waals surface area (Å²) in [5.41, 5.74) is 2.15.